The third kappa shape index (κ3) is 5.29. The fraction of sp³-hybridized carbons (Fsp3) is 0.462. The lowest BCUT2D eigenvalue weighted by Gasteiger charge is -2.19. The number of ether oxygens (including phenoxy) is 1. The molecule has 0 fully saturated rings. The Bertz CT molecular complexity index is 427. The van der Waals surface area contributed by atoms with Crippen LogP contribution in [0.2, 0.25) is 5.02 Å². The van der Waals surface area contributed by atoms with Gasteiger partial charge in [0.1, 0.15) is 5.60 Å². The van der Waals surface area contributed by atoms with Crippen molar-refractivity contribution in [3.8, 4) is 0 Å². The van der Waals surface area contributed by atoms with Gasteiger partial charge in [-0.1, -0.05) is 17.7 Å². The van der Waals surface area contributed by atoms with Crippen molar-refractivity contribution in [2.75, 3.05) is 5.75 Å². The highest BCUT2D eigenvalue weighted by Crippen LogP contribution is 2.25. The lowest BCUT2D eigenvalue weighted by atomic mass is 10.2. The second-order valence-corrected chi connectivity index (χ2v) is 6.24. The Balaban J connectivity index is 2.54. The maximum atomic E-state index is 11.5. The van der Waals surface area contributed by atoms with Crippen molar-refractivity contribution < 1.29 is 14.6 Å². The van der Waals surface area contributed by atoms with E-state index in [0.29, 0.717) is 10.6 Å². The first-order valence-electron chi connectivity index (χ1n) is 5.56. The first-order chi connectivity index (χ1) is 8.31. The minimum absolute atomic E-state index is 0.0875. The van der Waals surface area contributed by atoms with E-state index in [2.05, 4.69) is 0 Å². The van der Waals surface area contributed by atoms with Gasteiger partial charge < -0.3 is 9.84 Å². The van der Waals surface area contributed by atoms with Crippen molar-refractivity contribution in [1.29, 1.82) is 0 Å². The van der Waals surface area contributed by atoms with E-state index in [1.807, 2.05) is 26.8 Å². The van der Waals surface area contributed by atoms with Crippen LogP contribution in [0.15, 0.2) is 23.1 Å². The Morgan fingerprint density at radius 2 is 2.11 bits per heavy atom. The van der Waals surface area contributed by atoms with Crippen LogP contribution in [0.3, 0.4) is 0 Å². The molecule has 1 N–H and O–H groups in total. The van der Waals surface area contributed by atoms with Crippen LogP contribution in [0.25, 0.3) is 0 Å². The minimum Gasteiger partial charge on any atom is -0.459 e. The topological polar surface area (TPSA) is 46.5 Å². The summed E-state index contributed by atoms with van der Waals surface area (Å²) in [7, 11) is 0. The summed E-state index contributed by atoms with van der Waals surface area (Å²) in [4.78, 5) is 12.4. The molecule has 0 aliphatic carbocycles. The van der Waals surface area contributed by atoms with Gasteiger partial charge in [0.25, 0.3) is 0 Å². The van der Waals surface area contributed by atoms with Crippen molar-refractivity contribution in [1.82, 2.24) is 0 Å². The molecule has 0 bridgehead atoms. The van der Waals surface area contributed by atoms with Crippen LogP contribution in [-0.2, 0) is 16.1 Å². The highest BCUT2D eigenvalue weighted by atomic mass is 35.5. The molecule has 0 saturated carbocycles. The second-order valence-electron chi connectivity index (χ2n) is 4.79. The van der Waals surface area contributed by atoms with Gasteiger partial charge in [0.05, 0.1) is 12.4 Å². The van der Waals surface area contributed by atoms with Gasteiger partial charge in [-0.3, -0.25) is 4.79 Å². The Morgan fingerprint density at radius 3 is 2.61 bits per heavy atom. The Labute approximate surface area is 116 Å². The molecule has 0 unspecified atom stereocenters. The standard InChI is InChI=1S/C13H17ClO3S/c1-13(2,3)17-12(16)8-18-10-5-4-9(7-15)11(14)6-10/h4-6,15H,7-8H2,1-3H3. The number of aliphatic hydroxyl groups is 1. The number of hydrogen-bond acceptors (Lipinski definition) is 4. The van der Waals surface area contributed by atoms with Gasteiger partial charge in [0.2, 0.25) is 0 Å². The molecular formula is C13H17ClO3S. The van der Waals surface area contributed by atoms with Gasteiger partial charge in [0.15, 0.2) is 0 Å². The summed E-state index contributed by atoms with van der Waals surface area (Å²) in [6.07, 6.45) is 0. The summed E-state index contributed by atoms with van der Waals surface area (Å²) in [5.41, 5.74) is 0.217. The lowest BCUT2D eigenvalue weighted by molar-refractivity contribution is -0.151. The molecule has 0 atom stereocenters. The summed E-state index contributed by atoms with van der Waals surface area (Å²) in [6.45, 7) is 5.42. The fourth-order valence-electron chi connectivity index (χ4n) is 1.26. The third-order valence-corrected chi connectivity index (χ3v) is 3.29. The Hall–Kier alpha value is -0.710. The van der Waals surface area contributed by atoms with E-state index in [4.69, 9.17) is 21.4 Å². The normalized spacial score (nSPS) is 11.4. The minimum atomic E-state index is -0.462. The zero-order valence-electron chi connectivity index (χ0n) is 10.7. The van der Waals surface area contributed by atoms with E-state index in [0.717, 1.165) is 4.90 Å². The van der Waals surface area contributed by atoms with Crippen LogP contribution >= 0.6 is 23.4 Å². The summed E-state index contributed by atoms with van der Waals surface area (Å²) < 4.78 is 5.20. The molecule has 0 aromatic heterocycles. The highest BCUT2D eigenvalue weighted by Gasteiger charge is 2.16. The van der Waals surface area contributed by atoms with Crippen molar-refractivity contribution >= 4 is 29.3 Å². The summed E-state index contributed by atoms with van der Waals surface area (Å²) >= 11 is 7.32. The van der Waals surface area contributed by atoms with E-state index in [9.17, 15) is 4.79 Å². The summed E-state index contributed by atoms with van der Waals surface area (Å²) in [5, 5.41) is 9.50. The van der Waals surface area contributed by atoms with Crippen LogP contribution in [0.5, 0.6) is 0 Å². The number of benzene rings is 1. The largest absolute Gasteiger partial charge is 0.459 e. The van der Waals surface area contributed by atoms with Crippen molar-refractivity contribution in [3.05, 3.63) is 28.8 Å². The van der Waals surface area contributed by atoms with Crippen LogP contribution in [0.4, 0.5) is 0 Å². The van der Waals surface area contributed by atoms with E-state index < -0.39 is 5.60 Å². The maximum absolute atomic E-state index is 11.5. The van der Waals surface area contributed by atoms with Crippen molar-refractivity contribution in [3.63, 3.8) is 0 Å². The first-order valence-corrected chi connectivity index (χ1v) is 6.92. The van der Waals surface area contributed by atoms with Crippen molar-refractivity contribution in [2.45, 2.75) is 37.9 Å². The van der Waals surface area contributed by atoms with Crippen LogP contribution in [0.1, 0.15) is 26.3 Å². The average Bonchev–Trinajstić information content (AvgIpc) is 2.24. The SMILES string of the molecule is CC(C)(C)OC(=O)CSc1ccc(CO)c(Cl)c1. The molecular weight excluding hydrogens is 272 g/mol. The third-order valence-electron chi connectivity index (χ3n) is 1.97. The Kier molecular flexibility index (Phi) is 5.50. The molecule has 100 valence electrons. The highest BCUT2D eigenvalue weighted by molar-refractivity contribution is 8.00. The molecule has 0 heterocycles. The molecule has 0 saturated heterocycles. The lowest BCUT2D eigenvalue weighted by Crippen LogP contribution is -2.24. The fourth-order valence-corrected chi connectivity index (χ4v) is 2.27. The quantitative estimate of drug-likeness (QED) is 0.682. The van der Waals surface area contributed by atoms with Crippen LogP contribution < -0.4 is 0 Å². The van der Waals surface area contributed by atoms with Gasteiger partial charge in [-0.25, -0.2) is 0 Å². The molecule has 1 rings (SSSR count). The number of halogens is 1. The van der Waals surface area contributed by atoms with Crippen LogP contribution in [0, 0.1) is 0 Å². The molecule has 0 aliphatic heterocycles. The van der Waals surface area contributed by atoms with E-state index in [-0.39, 0.29) is 18.3 Å². The van der Waals surface area contributed by atoms with Gasteiger partial charge in [-0.05, 0) is 38.5 Å². The molecule has 0 radical (unpaired) electrons. The van der Waals surface area contributed by atoms with Crippen LogP contribution in [-0.4, -0.2) is 22.4 Å². The number of carbonyl (C=O) groups excluding carboxylic acids is 1. The Morgan fingerprint density at radius 1 is 1.44 bits per heavy atom. The zero-order valence-corrected chi connectivity index (χ0v) is 12.3. The first kappa shape index (κ1) is 15.3. The van der Waals surface area contributed by atoms with Gasteiger partial charge in [-0.2, -0.15) is 0 Å². The van der Waals surface area contributed by atoms with E-state index >= 15 is 0 Å². The number of rotatable bonds is 4. The molecule has 1 aromatic carbocycles. The molecule has 1 aromatic rings. The van der Waals surface area contributed by atoms with Gasteiger partial charge >= 0.3 is 5.97 Å². The molecule has 5 heteroatoms. The van der Waals surface area contributed by atoms with Crippen molar-refractivity contribution in [2.24, 2.45) is 0 Å². The average molecular weight is 289 g/mol. The summed E-state index contributed by atoms with van der Waals surface area (Å²) in [6, 6.07) is 5.31. The number of thioether (sulfide) groups is 1. The molecule has 0 spiro atoms. The molecule has 18 heavy (non-hydrogen) atoms. The number of hydrogen-bond donors (Lipinski definition) is 1. The van der Waals surface area contributed by atoms with E-state index in [1.165, 1.54) is 11.8 Å². The zero-order chi connectivity index (χ0) is 13.8. The summed E-state index contributed by atoms with van der Waals surface area (Å²) in [5.74, 6) is -0.0126. The number of carbonyl (C=O) groups is 1. The van der Waals surface area contributed by atoms with Gasteiger partial charge in [0, 0.05) is 9.92 Å². The van der Waals surface area contributed by atoms with E-state index in [1.54, 1.807) is 12.1 Å². The number of esters is 1. The molecule has 0 amide bonds. The molecule has 3 nitrogen and oxygen atoms in total. The molecule has 0 aliphatic rings. The second kappa shape index (κ2) is 6.45. The number of aliphatic hydroxyl groups excluding tert-OH is 1. The van der Waals surface area contributed by atoms with Gasteiger partial charge in [-0.15, -0.1) is 11.8 Å². The predicted molar refractivity (Wildman–Crippen MR) is 73.9 cm³/mol. The monoisotopic (exact) mass is 288 g/mol. The predicted octanol–water partition coefficient (Wildman–Crippen LogP) is 3.27. The smallest absolute Gasteiger partial charge is 0.316 e. The maximum Gasteiger partial charge on any atom is 0.316 e.